The molecule has 0 atom stereocenters. The normalized spacial score (nSPS) is 11.4. The molecule has 0 fully saturated rings. The van der Waals surface area contributed by atoms with Crippen molar-refractivity contribution in [2.45, 2.75) is 46.1 Å². The molecule has 2 aromatic carbocycles. The molecule has 2 amide bonds. The van der Waals surface area contributed by atoms with Gasteiger partial charge in [0.1, 0.15) is 5.69 Å². The fraction of sp³-hybridized carbons (Fsp3) is 0.276. The summed E-state index contributed by atoms with van der Waals surface area (Å²) >= 11 is 0. The van der Waals surface area contributed by atoms with Crippen molar-refractivity contribution in [2.24, 2.45) is 0 Å². The summed E-state index contributed by atoms with van der Waals surface area (Å²) in [5.41, 5.74) is 5.02. The summed E-state index contributed by atoms with van der Waals surface area (Å²) < 4.78 is 1.99. The third kappa shape index (κ3) is 5.60. The van der Waals surface area contributed by atoms with Crippen molar-refractivity contribution < 1.29 is 9.59 Å². The maximum atomic E-state index is 12.9. The number of aromatic nitrogens is 2. The molecule has 6 heteroatoms. The molecule has 0 saturated carbocycles. The third-order valence-electron chi connectivity index (χ3n) is 6.11. The zero-order valence-corrected chi connectivity index (χ0v) is 20.8. The minimum atomic E-state index is -0.160. The van der Waals surface area contributed by atoms with E-state index in [1.54, 1.807) is 6.20 Å². The first kappa shape index (κ1) is 24.2. The number of pyridine rings is 1. The molecular formula is C29H32N4O2. The number of rotatable bonds is 7. The van der Waals surface area contributed by atoms with Gasteiger partial charge in [0.05, 0.1) is 0 Å². The molecule has 180 valence electrons. The van der Waals surface area contributed by atoms with Gasteiger partial charge in [0.2, 0.25) is 0 Å². The average Bonchev–Trinajstić information content (AvgIpc) is 3.22. The van der Waals surface area contributed by atoms with Crippen molar-refractivity contribution >= 4 is 28.4 Å². The van der Waals surface area contributed by atoms with Gasteiger partial charge < -0.3 is 15.2 Å². The minimum absolute atomic E-state index is 0.0366. The predicted molar refractivity (Wildman–Crippen MR) is 141 cm³/mol. The van der Waals surface area contributed by atoms with E-state index in [9.17, 15) is 9.59 Å². The standard InChI is InChI=1S/C29H32N4O2/c1-5-33-25-14-13-24(32-27(34)20-9-11-22(12-10-20)29(2,3)4)18-21(25)19-26(33)28(35)31-17-15-23-8-6-7-16-30-23/h6-14,16,18-19H,5,15,17H2,1-4H3,(H,31,35)(H,32,34). The van der Waals surface area contributed by atoms with Crippen molar-refractivity contribution in [1.29, 1.82) is 0 Å². The number of amides is 2. The molecule has 0 aliphatic heterocycles. The quantitative estimate of drug-likeness (QED) is 0.372. The lowest BCUT2D eigenvalue weighted by molar-refractivity contribution is 0.0944. The summed E-state index contributed by atoms with van der Waals surface area (Å²) in [7, 11) is 0. The Labute approximate surface area is 206 Å². The number of hydrogen-bond acceptors (Lipinski definition) is 3. The van der Waals surface area contributed by atoms with E-state index >= 15 is 0 Å². The zero-order chi connectivity index (χ0) is 25.0. The average molecular weight is 469 g/mol. The van der Waals surface area contributed by atoms with E-state index in [1.807, 2.05) is 78.2 Å². The number of fused-ring (bicyclic) bond motifs is 1. The fourth-order valence-electron chi connectivity index (χ4n) is 4.14. The van der Waals surface area contributed by atoms with Crippen LogP contribution in [0.5, 0.6) is 0 Å². The van der Waals surface area contributed by atoms with E-state index in [1.165, 1.54) is 5.56 Å². The molecule has 2 N–H and O–H groups in total. The number of nitrogens with zero attached hydrogens (tertiary/aromatic N) is 2. The molecule has 0 unspecified atom stereocenters. The summed E-state index contributed by atoms with van der Waals surface area (Å²) in [6.45, 7) is 9.63. The Morgan fingerprint density at radius 2 is 1.71 bits per heavy atom. The highest BCUT2D eigenvalue weighted by molar-refractivity contribution is 6.06. The maximum absolute atomic E-state index is 12.9. The first-order valence-corrected chi connectivity index (χ1v) is 12.0. The number of benzene rings is 2. The zero-order valence-electron chi connectivity index (χ0n) is 20.8. The Hall–Kier alpha value is -3.93. The highest BCUT2D eigenvalue weighted by Gasteiger charge is 2.17. The first-order valence-electron chi connectivity index (χ1n) is 12.0. The van der Waals surface area contributed by atoms with Gasteiger partial charge in [0.15, 0.2) is 0 Å². The third-order valence-corrected chi connectivity index (χ3v) is 6.11. The van der Waals surface area contributed by atoms with Crippen LogP contribution in [0, 0.1) is 0 Å². The highest BCUT2D eigenvalue weighted by atomic mass is 16.2. The van der Waals surface area contributed by atoms with Gasteiger partial charge in [-0.15, -0.1) is 0 Å². The second-order valence-electron chi connectivity index (χ2n) is 9.66. The van der Waals surface area contributed by atoms with Crippen molar-refractivity contribution in [3.63, 3.8) is 0 Å². The van der Waals surface area contributed by atoms with Crippen LogP contribution >= 0.6 is 0 Å². The van der Waals surface area contributed by atoms with Gasteiger partial charge in [-0.3, -0.25) is 14.6 Å². The van der Waals surface area contributed by atoms with Gasteiger partial charge in [-0.1, -0.05) is 39.0 Å². The summed E-state index contributed by atoms with van der Waals surface area (Å²) in [5.74, 6) is -0.282. The smallest absolute Gasteiger partial charge is 0.267 e. The second kappa shape index (κ2) is 10.1. The lowest BCUT2D eigenvalue weighted by Gasteiger charge is -2.19. The van der Waals surface area contributed by atoms with Gasteiger partial charge in [0, 0.05) is 53.6 Å². The van der Waals surface area contributed by atoms with E-state index in [-0.39, 0.29) is 17.2 Å². The number of nitrogens with one attached hydrogen (secondary N) is 2. The van der Waals surface area contributed by atoms with Gasteiger partial charge in [-0.2, -0.15) is 0 Å². The predicted octanol–water partition coefficient (Wildman–Crippen LogP) is 5.58. The number of aryl methyl sites for hydroxylation is 1. The number of carbonyl (C=O) groups is 2. The molecule has 0 bridgehead atoms. The molecule has 0 saturated heterocycles. The van der Waals surface area contributed by atoms with Crippen LogP contribution in [0.3, 0.4) is 0 Å². The first-order chi connectivity index (χ1) is 16.8. The maximum Gasteiger partial charge on any atom is 0.267 e. The monoisotopic (exact) mass is 468 g/mol. The van der Waals surface area contributed by atoms with E-state index in [0.717, 1.165) is 16.6 Å². The molecule has 4 rings (SSSR count). The van der Waals surface area contributed by atoms with Crippen LogP contribution in [0.4, 0.5) is 5.69 Å². The SMILES string of the molecule is CCn1c(C(=O)NCCc2ccccn2)cc2cc(NC(=O)c3ccc(C(C)(C)C)cc3)ccc21. The van der Waals surface area contributed by atoms with Gasteiger partial charge in [-0.05, 0) is 66.4 Å². The van der Waals surface area contributed by atoms with Gasteiger partial charge >= 0.3 is 0 Å². The van der Waals surface area contributed by atoms with Crippen molar-refractivity contribution in [1.82, 2.24) is 14.9 Å². The molecule has 0 radical (unpaired) electrons. The minimum Gasteiger partial charge on any atom is -0.350 e. The summed E-state index contributed by atoms with van der Waals surface area (Å²) in [4.78, 5) is 30.0. The van der Waals surface area contributed by atoms with Crippen LogP contribution in [0.25, 0.3) is 10.9 Å². The Balaban J connectivity index is 1.47. The van der Waals surface area contributed by atoms with Crippen molar-refractivity contribution in [3.05, 3.63) is 95.4 Å². The van der Waals surface area contributed by atoms with Gasteiger partial charge in [-0.25, -0.2) is 0 Å². The Bertz CT molecular complexity index is 1330. The Morgan fingerprint density at radius 1 is 0.943 bits per heavy atom. The fourth-order valence-corrected chi connectivity index (χ4v) is 4.14. The molecule has 0 aliphatic rings. The highest BCUT2D eigenvalue weighted by Crippen LogP contribution is 2.25. The van der Waals surface area contributed by atoms with E-state index in [4.69, 9.17) is 0 Å². The number of hydrogen-bond donors (Lipinski definition) is 2. The molecule has 4 aromatic rings. The van der Waals surface area contributed by atoms with E-state index in [2.05, 4.69) is 36.4 Å². The van der Waals surface area contributed by atoms with Crippen LogP contribution < -0.4 is 10.6 Å². The van der Waals surface area contributed by atoms with Crippen LogP contribution in [-0.4, -0.2) is 27.9 Å². The molecule has 0 spiro atoms. The van der Waals surface area contributed by atoms with Gasteiger partial charge in [0.25, 0.3) is 11.8 Å². The molecule has 35 heavy (non-hydrogen) atoms. The molecule has 0 aliphatic carbocycles. The number of anilines is 1. The summed E-state index contributed by atoms with van der Waals surface area (Å²) in [5, 5.41) is 6.88. The summed E-state index contributed by atoms with van der Waals surface area (Å²) in [6.07, 6.45) is 2.43. The largest absolute Gasteiger partial charge is 0.350 e. The lowest BCUT2D eigenvalue weighted by Crippen LogP contribution is -2.27. The lowest BCUT2D eigenvalue weighted by atomic mass is 9.87. The van der Waals surface area contributed by atoms with Crippen molar-refractivity contribution in [3.8, 4) is 0 Å². The molecule has 2 heterocycles. The molecular weight excluding hydrogens is 436 g/mol. The van der Waals surface area contributed by atoms with Crippen LogP contribution in [0.15, 0.2) is 72.9 Å². The Kier molecular flexibility index (Phi) is 7.01. The summed E-state index contributed by atoms with van der Waals surface area (Å²) in [6, 6.07) is 21.1. The molecule has 6 nitrogen and oxygen atoms in total. The molecule has 2 aromatic heterocycles. The van der Waals surface area contributed by atoms with Crippen LogP contribution in [0.2, 0.25) is 0 Å². The Morgan fingerprint density at radius 3 is 2.37 bits per heavy atom. The van der Waals surface area contributed by atoms with Crippen molar-refractivity contribution in [2.75, 3.05) is 11.9 Å². The topological polar surface area (TPSA) is 76.0 Å². The number of carbonyl (C=O) groups excluding carboxylic acids is 2. The van der Waals surface area contributed by atoms with Crippen LogP contribution in [-0.2, 0) is 18.4 Å². The van der Waals surface area contributed by atoms with E-state index < -0.39 is 0 Å². The van der Waals surface area contributed by atoms with Crippen LogP contribution in [0.1, 0.15) is 59.8 Å². The second-order valence-corrected chi connectivity index (χ2v) is 9.66. The van der Waals surface area contributed by atoms with E-state index in [0.29, 0.717) is 36.5 Å².